The maximum Gasteiger partial charge on any atom is 0.315 e. The van der Waals surface area contributed by atoms with Gasteiger partial charge < -0.3 is 25.0 Å². The van der Waals surface area contributed by atoms with Crippen molar-refractivity contribution in [1.29, 1.82) is 0 Å². The summed E-state index contributed by atoms with van der Waals surface area (Å²) in [5.41, 5.74) is 7.97. The lowest BCUT2D eigenvalue weighted by molar-refractivity contribution is 0.174. The van der Waals surface area contributed by atoms with E-state index in [1.165, 1.54) is 18.4 Å². The molecule has 0 radical (unpaired) electrons. The van der Waals surface area contributed by atoms with Crippen LogP contribution in [0.5, 0.6) is 11.5 Å². The number of methoxy groups -OCH3 is 1. The summed E-state index contributed by atoms with van der Waals surface area (Å²) in [5.74, 6) is 1.57. The zero-order valence-corrected chi connectivity index (χ0v) is 17.6. The van der Waals surface area contributed by atoms with E-state index in [4.69, 9.17) is 15.2 Å². The van der Waals surface area contributed by atoms with E-state index in [1.807, 2.05) is 24.3 Å². The highest BCUT2D eigenvalue weighted by Crippen LogP contribution is 2.35. The van der Waals surface area contributed by atoms with Crippen LogP contribution in [0.2, 0.25) is 0 Å². The quantitative estimate of drug-likeness (QED) is 0.787. The number of urea groups is 1. The zero-order chi connectivity index (χ0) is 20.9. The van der Waals surface area contributed by atoms with E-state index in [0.29, 0.717) is 6.54 Å². The molecule has 0 bridgehead atoms. The van der Waals surface area contributed by atoms with Gasteiger partial charge in [-0.15, -0.1) is 0 Å². The summed E-state index contributed by atoms with van der Waals surface area (Å²) in [6.45, 7) is 2.08. The Morgan fingerprint density at radius 1 is 1.07 bits per heavy atom. The topological polar surface area (TPSA) is 68.0 Å². The van der Waals surface area contributed by atoms with E-state index in [2.05, 4.69) is 29.2 Å². The molecule has 1 aliphatic heterocycles. The Balaban J connectivity index is 1.53. The summed E-state index contributed by atoms with van der Waals surface area (Å²) < 4.78 is 11.8. The summed E-state index contributed by atoms with van der Waals surface area (Å²) in [5, 5.41) is 0. The van der Waals surface area contributed by atoms with Gasteiger partial charge in [0.05, 0.1) is 19.3 Å². The first kappa shape index (κ1) is 20.4. The second kappa shape index (κ2) is 9.28. The number of benzene rings is 2. The summed E-state index contributed by atoms with van der Waals surface area (Å²) in [4.78, 5) is 16.1. The number of anilines is 1. The van der Waals surface area contributed by atoms with Gasteiger partial charge in [0.25, 0.3) is 0 Å². The van der Waals surface area contributed by atoms with Gasteiger partial charge in [-0.25, -0.2) is 4.79 Å². The van der Waals surface area contributed by atoms with Crippen LogP contribution in [0.1, 0.15) is 31.2 Å². The summed E-state index contributed by atoms with van der Waals surface area (Å²) >= 11 is 0. The summed E-state index contributed by atoms with van der Waals surface area (Å²) in [6.07, 6.45) is 5.70. The van der Waals surface area contributed by atoms with Gasteiger partial charge in [-0.1, -0.05) is 30.3 Å². The van der Waals surface area contributed by atoms with Crippen LogP contribution in [0, 0.1) is 0 Å². The van der Waals surface area contributed by atoms with Gasteiger partial charge in [-0.2, -0.15) is 0 Å². The van der Waals surface area contributed by atoms with Gasteiger partial charge in [0.1, 0.15) is 0 Å². The van der Waals surface area contributed by atoms with E-state index < -0.39 is 0 Å². The number of carbonyl (C=O) groups is 1. The molecule has 1 atom stereocenters. The number of amides is 2. The minimum absolute atomic E-state index is 0.0277. The largest absolute Gasteiger partial charge is 0.493 e. The lowest BCUT2D eigenvalue weighted by atomic mass is 10.0. The van der Waals surface area contributed by atoms with Gasteiger partial charge in [0, 0.05) is 31.4 Å². The highest BCUT2D eigenvalue weighted by molar-refractivity contribution is 5.73. The first-order valence-corrected chi connectivity index (χ1v) is 10.8. The molecule has 6 heteroatoms. The smallest absolute Gasteiger partial charge is 0.315 e. The molecular weight excluding hydrogens is 378 g/mol. The molecule has 0 spiro atoms. The van der Waals surface area contributed by atoms with Gasteiger partial charge in [0.2, 0.25) is 0 Å². The Labute approximate surface area is 178 Å². The van der Waals surface area contributed by atoms with Crippen LogP contribution in [0.25, 0.3) is 0 Å². The number of ether oxygens (including phenoxy) is 2. The van der Waals surface area contributed by atoms with Crippen LogP contribution in [0.4, 0.5) is 10.5 Å². The van der Waals surface area contributed by atoms with Crippen molar-refractivity contribution in [1.82, 2.24) is 4.90 Å². The van der Waals surface area contributed by atoms with Crippen LogP contribution in [-0.4, -0.2) is 49.8 Å². The Bertz CT molecular complexity index is 852. The Hall–Kier alpha value is -2.89. The molecule has 2 fully saturated rings. The summed E-state index contributed by atoms with van der Waals surface area (Å²) in [6, 6.07) is 16.1. The molecule has 2 amide bonds. The molecule has 1 heterocycles. The monoisotopic (exact) mass is 409 g/mol. The fourth-order valence-electron chi connectivity index (χ4n) is 4.58. The fourth-order valence-corrected chi connectivity index (χ4v) is 4.58. The molecule has 6 nitrogen and oxygen atoms in total. The molecule has 1 saturated heterocycles. The standard InChI is InChI=1S/C24H31N3O3/c1-29-22-12-11-19(16-23(22)30-21-9-5-6-10-21)26-13-14-27(24(25)28)20(17-26)15-18-7-3-2-4-8-18/h2-4,7-8,11-12,16,20-21H,5-6,9-10,13-15,17H2,1H3,(H2,25,28)/t20-/m0/s1. The maximum absolute atomic E-state index is 12.0. The van der Waals surface area contributed by atoms with Crippen LogP contribution in [0.3, 0.4) is 0 Å². The molecule has 2 aromatic carbocycles. The number of rotatable bonds is 6. The third kappa shape index (κ3) is 4.64. The maximum atomic E-state index is 12.0. The number of nitrogens with two attached hydrogens (primary N) is 1. The van der Waals surface area contributed by atoms with E-state index in [1.54, 1.807) is 12.0 Å². The number of piperazine rings is 1. The fraction of sp³-hybridized carbons (Fsp3) is 0.458. The van der Waals surface area contributed by atoms with E-state index in [0.717, 1.165) is 49.5 Å². The molecule has 2 aliphatic rings. The van der Waals surface area contributed by atoms with Crippen LogP contribution < -0.4 is 20.1 Å². The normalized spacial score (nSPS) is 19.7. The van der Waals surface area contributed by atoms with Crippen molar-refractivity contribution in [3.05, 3.63) is 54.1 Å². The van der Waals surface area contributed by atoms with Crippen molar-refractivity contribution in [2.24, 2.45) is 5.73 Å². The Kier molecular flexibility index (Phi) is 6.31. The number of hydrogen-bond donors (Lipinski definition) is 1. The van der Waals surface area contributed by atoms with Crippen LogP contribution >= 0.6 is 0 Å². The van der Waals surface area contributed by atoms with Crippen LogP contribution in [-0.2, 0) is 6.42 Å². The SMILES string of the molecule is COc1ccc(N2CCN(C(N)=O)[C@@H](Cc3ccccc3)C2)cc1OC1CCCC1. The van der Waals surface area contributed by atoms with Gasteiger partial charge in [-0.05, 0) is 49.8 Å². The molecule has 0 unspecified atom stereocenters. The highest BCUT2D eigenvalue weighted by Gasteiger charge is 2.30. The zero-order valence-electron chi connectivity index (χ0n) is 17.6. The highest BCUT2D eigenvalue weighted by atomic mass is 16.5. The predicted molar refractivity (Wildman–Crippen MR) is 118 cm³/mol. The van der Waals surface area contributed by atoms with Crippen molar-refractivity contribution in [2.45, 2.75) is 44.2 Å². The molecule has 1 aliphatic carbocycles. The second-order valence-electron chi connectivity index (χ2n) is 8.18. The number of primary amides is 1. The third-order valence-corrected chi connectivity index (χ3v) is 6.19. The Morgan fingerprint density at radius 2 is 1.83 bits per heavy atom. The van der Waals surface area contributed by atoms with Crippen molar-refractivity contribution >= 4 is 11.7 Å². The molecule has 160 valence electrons. The molecular formula is C24H31N3O3. The average Bonchev–Trinajstić information content (AvgIpc) is 3.27. The lowest BCUT2D eigenvalue weighted by Gasteiger charge is -2.42. The van der Waals surface area contributed by atoms with Gasteiger partial charge in [0.15, 0.2) is 11.5 Å². The van der Waals surface area contributed by atoms with Gasteiger partial charge in [-0.3, -0.25) is 0 Å². The molecule has 2 N–H and O–H groups in total. The first-order chi connectivity index (χ1) is 14.6. The minimum Gasteiger partial charge on any atom is -0.493 e. The number of hydrogen-bond acceptors (Lipinski definition) is 4. The average molecular weight is 410 g/mol. The van der Waals surface area contributed by atoms with Crippen molar-refractivity contribution in [2.75, 3.05) is 31.6 Å². The van der Waals surface area contributed by atoms with E-state index in [9.17, 15) is 4.79 Å². The second-order valence-corrected chi connectivity index (χ2v) is 8.18. The van der Waals surface area contributed by atoms with Crippen molar-refractivity contribution < 1.29 is 14.3 Å². The van der Waals surface area contributed by atoms with Crippen molar-refractivity contribution in [3.63, 3.8) is 0 Å². The number of carbonyl (C=O) groups excluding carboxylic acids is 1. The first-order valence-electron chi connectivity index (χ1n) is 10.8. The predicted octanol–water partition coefficient (Wildman–Crippen LogP) is 3.83. The number of nitrogens with zero attached hydrogens (tertiary/aromatic N) is 2. The minimum atomic E-state index is -0.351. The lowest BCUT2D eigenvalue weighted by Crippen LogP contribution is -2.57. The molecule has 1 saturated carbocycles. The molecule has 2 aromatic rings. The van der Waals surface area contributed by atoms with E-state index >= 15 is 0 Å². The van der Waals surface area contributed by atoms with Gasteiger partial charge >= 0.3 is 6.03 Å². The Morgan fingerprint density at radius 3 is 2.53 bits per heavy atom. The molecule has 0 aromatic heterocycles. The van der Waals surface area contributed by atoms with Crippen molar-refractivity contribution in [3.8, 4) is 11.5 Å². The molecule has 30 heavy (non-hydrogen) atoms. The summed E-state index contributed by atoms with van der Waals surface area (Å²) in [7, 11) is 1.68. The third-order valence-electron chi connectivity index (χ3n) is 6.19. The van der Waals surface area contributed by atoms with E-state index in [-0.39, 0.29) is 18.2 Å². The van der Waals surface area contributed by atoms with Crippen LogP contribution in [0.15, 0.2) is 48.5 Å². The molecule has 4 rings (SSSR count).